The Kier molecular flexibility index (Phi) is 4.83. The van der Waals surface area contributed by atoms with Crippen molar-refractivity contribution in [1.29, 1.82) is 0 Å². The van der Waals surface area contributed by atoms with E-state index >= 15 is 0 Å². The van der Waals surface area contributed by atoms with Crippen molar-refractivity contribution in [3.8, 4) is 0 Å². The number of ether oxygens (including phenoxy) is 1. The summed E-state index contributed by atoms with van der Waals surface area (Å²) in [4.78, 5) is 27.3. The van der Waals surface area contributed by atoms with E-state index in [1.807, 2.05) is 0 Å². The molecular weight excluding hydrogens is 287 g/mol. The summed E-state index contributed by atoms with van der Waals surface area (Å²) < 4.78 is 18.4. The van der Waals surface area contributed by atoms with Crippen molar-refractivity contribution in [3.63, 3.8) is 0 Å². The van der Waals surface area contributed by atoms with Gasteiger partial charge in [0.1, 0.15) is 5.82 Å². The van der Waals surface area contributed by atoms with E-state index in [1.165, 1.54) is 18.3 Å². The molecule has 0 spiro atoms. The Hall–Kier alpha value is -2.76. The number of aromatic nitrogens is 1. The number of carbonyl (C=O) groups is 2. The highest BCUT2D eigenvalue weighted by Gasteiger charge is 2.12. The van der Waals surface area contributed by atoms with E-state index in [1.54, 1.807) is 32.0 Å². The molecule has 0 radical (unpaired) electrons. The van der Waals surface area contributed by atoms with Gasteiger partial charge in [-0.15, -0.1) is 0 Å². The fraction of sp³-hybridized carbons (Fsp3) is 0.188. The summed E-state index contributed by atoms with van der Waals surface area (Å²) in [7, 11) is 0. The topological polar surface area (TPSA) is 68.3 Å². The van der Waals surface area contributed by atoms with Gasteiger partial charge in [-0.3, -0.25) is 9.78 Å². The molecule has 1 N–H and O–H groups in total. The van der Waals surface area contributed by atoms with Gasteiger partial charge in [-0.2, -0.15) is 0 Å². The molecule has 1 aromatic carbocycles. The third kappa shape index (κ3) is 4.12. The lowest BCUT2D eigenvalue weighted by Crippen LogP contribution is -2.21. The summed E-state index contributed by atoms with van der Waals surface area (Å²) >= 11 is 0. The molecule has 0 aliphatic heterocycles. The van der Waals surface area contributed by atoms with E-state index in [4.69, 9.17) is 4.74 Å². The Balaban J connectivity index is 1.89. The summed E-state index contributed by atoms with van der Waals surface area (Å²) in [6, 6.07) is 7.65. The fourth-order valence-electron chi connectivity index (χ4n) is 1.71. The smallest absolute Gasteiger partial charge is 0.340 e. The molecule has 1 heterocycles. The molecule has 0 aliphatic carbocycles. The average Bonchev–Trinajstić information content (AvgIpc) is 2.48. The molecule has 5 nitrogen and oxygen atoms in total. The van der Waals surface area contributed by atoms with Crippen LogP contribution in [0.1, 0.15) is 21.6 Å². The van der Waals surface area contributed by atoms with Gasteiger partial charge in [-0.1, -0.05) is 6.07 Å². The molecule has 0 aliphatic rings. The van der Waals surface area contributed by atoms with Crippen LogP contribution in [0.3, 0.4) is 0 Å². The zero-order chi connectivity index (χ0) is 16.1. The molecule has 0 saturated heterocycles. The van der Waals surface area contributed by atoms with Gasteiger partial charge in [0, 0.05) is 11.9 Å². The van der Waals surface area contributed by atoms with Crippen LogP contribution in [0.25, 0.3) is 0 Å². The number of carbonyl (C=O) groups excluding carboxylic acids is 2. The Bertz CT molecular complexity index is 699. The number of nitrogens with zero attached hydrogens (tertiary/aromatic N) is 1. The van der Waals surface area contributed by atoms with Gasteiger partial charge in [-0.25, -0.2) is 9.18 Å². The minimum Gasteiger partial charge on any atom is -0.452 e. The highest BCUT2D eigenvalue weighted by Crippen LogP contribution is 2.15. The van der Waals surface area contributed by atoms with Crippen LogP contribution in [0, 0.1) is 19.7 Å². The first-order chi connectivity index (χ1) is 10.5. The first-order valence-electron chi connectivity index (χ1n) is 6.61. The first kappa shape index (κ1) is 15.6. The summed E-state index contributed by atoms with van der Waals surface area (Å²) in [5.41, 5.74) is 1.81. The zero-order valence-electron chi connectivity index (χ0n) is 12.2. The average molecular weight is 302 g/mol. The Morgan fingerprint density at radius 3 is 2.64 bits per heavy atom. The van der Waals surface area contributed by atoms with Crippen LogP contribution < -0.4 is 5.32 Å². The lowest BCUT2D eigenvalue weighted by molar-refractivity contribution is -0.119. The highest BCUT2D eigenvalue weighted by molar-refractivity contribution is 5.95. The second-order valence-corrected chi connectivity index (χ2v) is 4.80. The SMILES string of the molecule is Cc1ccc(NC(=O)COC(=O)c2ccc(C)nc2)c(F)c1. The van der Waals surface area contributed by atoms with E-state index in [-0.39, 0.29) is 11.3 Å². The standard InChI is InChI=1S/C16H15FN2O3/c1-10-3-6-14(13(17)7-10)19-15(20)9-22-16(21)12-5-4-11(2)18-8-12/h3-8H,9H2,1-2H3,(H,19,20). The second-order valence-electron chi connectivity index (χ2n) is 4.80. The van der Waals surface area contributed by atoms with Crippen molar-refractivity contribution in [2.75, 3.05) is 11.9 Å². The number of rotatable bonds is 4. The lowest BCUT2D eigenvalue weighted by Gasteiger charge is -2.08. The van der Waals surface area contributed by atoms with Crippen molar-refractivity contribution in [3.05, 3.63) is 59.2 Å². The Labute approximate surface area is 127 Å². The molecule has 0 unspecified atom stereocenters. The monoisotopic (exact) mass is 302 g/mol. The predicted octanol–water partition coefficient (Wildman–Crippen LogP) is 2.63. The Morgan fingerprint density at radius 1 is 1.23 bits per heavy atom. The minimum absolute atomic E-state index is 0.0450. The predicted molar refractivity (Wildman–Crippen MR) is 79.0 cm³/mol. The van der Waals surface area contributed by atoms with E-state index in [0.29, 0.717) is 0 Å². The van der Waals surface area contributed by atoms with Gasteiger partial charge in [0.25, 0.3) is 5.91 Å². The van der Waals surface area contributed by atoms with Crippen molar-refractivity contribution < 1.29 is 18.7 Å². The summed E-state index contributed by atoms with van der Waals surface area (Å²) in [5.74, 6) is -1.81. The maximum absolute atomic E-state index is 13.6. The number of benzene rings is 1. The molecule has 2 rings (SSSR count). The zero-order valence-corrected chi connectivity index (χ0v) is 12.2. The van der Waals surface area contributed by atoms with Crippen LogP contribution in [0.15, 0.2) is 36.5 Å². The second kappa shape index (κ2) is 6.80. The van der Waals surface area contributed by atoms with Crippen molar-refractivity contribution in [2.45, 2.75) is 13.8 Å². The summed E-state index contributed by atoms with van der Waals surface area (Å²) in [6.07, 6.45) is 1.37. The van der Waals surface area contributed by atoms with Gasteiger partial charge in [0.2, 0.25) is 0 Å². The number of pyridine rings is 1. The molecule has 22 heavy (non-hydrogen) atoms. The van der Waals surface area contributed by atoms with Crippen molar-refractivity contribution in [1.82, 2.24) is 4.98 Å². The van der Waals surface area contributed by atoms with Crippen LogP contribution in [0.4, 0.5) is 10.1 Å². The number of esters is 1. The molecule has 0 saturated carbocycles. The maximum atomic E-state index is 13.6. The maximum Gasteiger partial charge on any atom is 0.340 e. The molecular formula is C16H15FN2O3. The molecule has 6 heteroatoms. The molecule has 0 bridgehead atoms. The van der Waals surface area contributed by atoms with Crippen LogP contribution >= 0.6 is 0 Å². The summed E-state index contributed by atoms with van der Waals surface area (Å²) in [5, 5.41) is 2.35. The van der Waals surface area contributed by atoms with Crippen molar-refractivity contribution in [2.24, 2.45) is 0 Å². The largest absolute Gasteiger partial charge is 0.452 e. The molecule has 114 valence electrons. The van der Waals surface area contributed by atoms with Crippen LogP contribution in [-0.4, -0.2) is 23.5 Å². The number of anilines is 1. The van der Waals surface area contributed by atoms with Crippen molar-refractivity contribution >= 4 is 17.6 Å². The van der Waals surface area contributed by atoms with Crippen LogP contribution in [0.5, 0.6) is 0 Å². The quantitative estimate of drug-likeness (QED) is 0.882. The van der Waals surface area contributed by atoms with Gasteiger partial charge in [-0.05, 0) is 43.7 Å². The van der Waals surface area contributed by atoms with Gasteiger partial charge in [0.05, 0.1) is 11.3 Å². The third-order valence-corrected chi connectivity index (χ3v) is 2.88. The van der Waals surface area contributed by atoms with Gasteiger partial charge in [0.15, 0.2) is 6.61 Å². The Morgan fingerprint density at radius 2 is 2.00 bits per heavy atom. The fourth-order valence-corrected chi connectivity index (χ4v) is 1.71. The number of amides is 1. The van der Waals surface area contributed by atoms with E-state index < -0.39 is 24.3 Å². The van der Waals surface area contributed by atoms with E-state index in [9.17, 15) is 14.0 Å². The molecule has 1 amide bonds. The molecule has 0 atom stereocenters. The van der Waals surface area contributed by atoms with Crippen LogP contribution in [-0.2, 0) is 9.53 Å². The number of aryl methyl sites for hydroxylation is 2. The number of nitrogens with one attached hydrogen (secondary N) is 1. The first-order valence-corrected chi connectivity index (χ1v) is 6.61. The summed E-state index contributed by atoms with van der Waals surface area (Å²) in [6.45, 7) is 3.03. The van der Waals surface area contributed by atoms with Gasteiger partial charge < -0.3 is 10.1 Å². The molecule has 0 fully saturated rings. The number of halogens is 1. The van der Waals surface area contributed by atoms with Gasteiger partial charge >= 0.3 is 5.97 Å². The van der Waals surface area contributed by atoms with E-state index in [0.717, 1.165) is 11.3 Å². The number of hydrogen-bond donors (Lipinski definition) is 1. The number of hydrogen-bond acceptors (Lipinski definition) is 4. The lowest BCUT2D eigenvalue weighted by atomic mass is 10.2. The molecule has 2 aromatic rings. The molecule has 1 aromatic heterocycles. The highest BCUT2D eigenvalue weighted by atomic mass is 19.1. The minimum atomic E-state index is -0.660. The third-order valence-electron chi connectivity index (χ3n) is 2.88. The normalized spacial score (nSPS) is 10.1. The van der Waals surface area contributed by atoms with E-state index in [2.05, 4.69) is 10.3 Å². The van der Waals surface area contributed by atoms with Crippen LogP contribution in [0.2, 0.25) is 0 Å².